The predicted molar refractivity (Wildman–Crippen MR) is 98.1 cm³/mol. The fourth-order valence-electron chi connectivity index (χ4n) is 2.30. The van der Waals surface area contributed by atoms with E-state index in [-0.39, 0.29) is 36.2 Å². The van der Waals surface area contributed by atoms with Crippen molar-refractivity contribution >= 4 is 21.8 Å². The van der Waals surface area contributed by atoms with E-state index in [1.165, 1.54) is 49.5 Å². The summed E-state index contributed by atoms with van der Waals surface area (Å²) >= 11 is 0. The molecule has 0 aliphatic carbocycles. The van der Waals surface area contributed by atoms with Gasteiger partial charge in [-0.2, -0.15) is 0 Å². The molecule has 27 heavy (non-hydrogen) atoms. The Kier molecular flexibility index (Phi) is 7.03. The highest BCUT2D eigenvalue weighted by Gasteiger charge is 2.14. The van der Waals surface area contributed by atoms with Gasteiger partial charge in [-0.1, -0.05) is 12.1 Å². The third kappa shape index (κ3) is 6.15. The summed E-state index contributed by atoms with van der Waals surface area (Å²) in [5.41, 5.74) is 0.880. The lowest BCUT2D eigenvalue weighted by molar-refractivity contribution is -0.120. The highest BCUT2D eigenvalue weighted by Crippen LogP contribution is 2.10. The Labute approximate surface area is 157 Å². The first-order valence-corrected chi connectivity index (χ1v) is 9.63. The largest absolute Gasteiger partial charge is 0.355 e. The van der Waals surface area contributed by atoms with E-state index in [0.29, 0.717) is 11.1 Å². The molecule has 2 aromatic carbocycles. The molecule has 0 aliphatic rings. The zero-order valence-electron chi connectivity index (χ0n) is 14.7. The fraction of sp³-hybridized carbons (Fsp3) is 0.222. The third-order valence-electron chi connectivity index (χ3n) is 3.65. The van der Waals surface area contributed by atoms with Crippen molar-refractivity contribution in [2.45, 2.75) is 11.3 Å². The highest BCUT2D eigenvalue weighted by molar-refractivity contribution is 7.89. The summed E-state index contributed by atoms with van der Waals surface area (Å²) in [6, 6.07) is 11.2. The zero-order valence-corrected chi connectivity index (χ0v) is 15.5. The molecule has 0 atom stereocenters. The van der Waals surface area contributed by atoms with Crippen LogP contribution in [0, 0.1) is 5.82 Å². The monoisotopic (exact) mass is 393 g/mol. The van der Waals surface area contributed by atoms with Crippen molar-refractivity contribution in [3.63, 3.8) is 0 Å². The Balaban J connectivity index is 1.81. The quantitative estimate of drug-likeness (QED) is 0.578. The minimum Gasteiger partial charge on any atom is -0.355 e. The van der Waals surface area contributed by atoms with Crippen molar-refractivity contribution < 1.29 is 22.4 Å². The number of rotatable bonds is 8. The van der Waals surface area contributed by atoms with E-state index in [9.17, 15) is 22.4 Å². The normalized spacial score (nSPS) is 11.0. The van der Waals surface area contributed by atoms with Crippen molar-refractivity contribution in [2.75, 3.05) is 20.1 Å². The second kappa shape index (κ2) is 9.24. The first-order valence-electron chi connectivity index (χ1n) is 8.15. The SMILES string of the molecule is CNC(=O)c1ccc(S(=O)(=O)NCCNC(=O)Cc2cccc(F)c2)cc1. The van der Waals surface area contributed by atoms with Gasteiger partial charge in [0.1, 0.15) is 5.82 Å². The maximum Gasteiger partial charge on any atom is 0.251 e. The Morgan fingerprint density at radius 3 is 2.37 bits per heavy atom. The summed E-state index contributed by atoms with van der Waals surface area (Å²) in [4.78, 5) is 23.3. The number of carbonyl (C=O) groups excluding carboxylic acids is 2. The number of amides is 2. The maximum absolute atomic E-state index is 13.1. The summed E-state index contributed by atoms with van der Waals surface area (Å²) in [5.74, 6) is -1.07. The molecular weight excluding hydrogens is 373 g/mol. The van der Waals surface area contributed by atoms with Crippen LogP contribution in [-0.2, 0) is 21.2 Å². The number of benzene rings is 2. The van der Waals surface area contributed by atoms with Crippen molar-refractivity contribution in [1.29, 1.82) is 0 Å². The van der Waals surface area contributed by atoms with Gasteiger partial charge in [-0.3, -0.25) is 9.59 Å². The molecule has 0 radical (unpaired) electrons. The van der Waals surface area contributed by atoms with Gasteiger partial charge in [0.05, 0.1) is 11.3 Å². The van der Waals surface area contributed by atoms with Crippen LogP contribution in [0.15, 0.2) is 53.4 Å². The summed E-state index contributed by atoms with van der Waals surface area (Å²) < 4.78 is 39.8. The Morgan fingerprint density at radius 1 is 1.04 bits per heavy atom. The molecule has 2 amide bonds. The molecule has 9 heteroatoms. The second-order valence-corrected chi connectivity index (χ2v) is 7.42. The minimum atomic E-state index is -3.75. The first kappa shape index (κ1) is 20.5. The van der Waals surface area contributed by atoms with Crippen molar-refractivity contribution in [2.24, 2.45) is 0 Å². The molecule has 0 saturated carbocycles. The first-order chi connectivity index (χ1) is 12.8. The summed E-state index contributed by atoms with van der Waals surface area (Å²) in [7, 11) is -2.27. The minimum absolute atomic E-state index is 0.00542. The van der Waals surface area contributed by atoms with Crippen molar-refractivity contribution in [3.05, 3.63) is 65.5 Å². The number of sulfonamides is 1. The van der Waals surface area contributed by atoms with Gasteiger partial charge in [0.25, 0.3) is 5.91 Å². The smallest absolute Gasteiger partial charge is 0.251 e. The summed E-state index contributed by atoms with van der Waals surface area (Å²) in [5, 5.41) is 5.01. The van der Waals surface area contributed by atoms with E-state index in [2.05, 4.69) is 15.4 Å². The number of hydrogen-bond donors (Lipinski definition) is 3. The molecule has 0 heterocycles. The van der Waals surface area contributed by atoms with E-state index in [4.69, 9.17) is 0 Å². The molecule has 0 saturated heterocycles. The van der Waals surface area contributed by atoms with Crippen molar-refractivity contribution in [1.82, 2.24) is 15.4 Å². The van der Waals surface area contributed by atoms with E-state index in [1.807, 2.05) is 0 Å². The molecule has 0 aliphatic heterocycles. The van der Waals surface area contributed by atoms with Gasteiger partial charge in [0.15, 0.2) is 0 Å². The lowest BCUT2D eigenvalue weighted by Crippen LogP contribution is -2.35. The number of carbonyl (C=O) groups is 2. The molecule has 7 nitrogen and oxygen atoms in total. The second-order valence-electron chi connectivity index (χ2n) is 5.66. The van der Waals surface area contributed by atoms with Gasteiger partial charge in [-0.25, -0.2) is 17.5 Å². The molecule has 0 aromatic heterocycles. The van der Waals surface area contributed by atoms with Crippen LogP contribution in [0.2, 0.25) is 0 Å². The number of nitrogens with one attached hydrogen (secondary N) is 3. The Hall–Kier alpha value is -2.78. The van der Waals surface area contributed by atoms with E-state index >= 15 is 0 Å². The van der Waals surface area contributed by atoms with E-state index < -0.39 is 15.8 Å². The molecular formula is C18H20FN3O4S. The van der Waals surface area contributed by atoms with Crippen LogP contribution in [-0.4, -0.2) is 40.4 Å². The van der Waals surface area contributed by atoms with Gasteiger partial charge in [-0.05, 0) is 42.0 Å². The van der Waals surface area contributed by atoms with Crippen LogP contribution in [0.5, 0.6) is 0 Å². The maximum atomic E-state index is 13.1. The zero-order chi connectivity index (χ0) is 19.9. The predicted octanol–water partition coefficient (Wildman–Crippen LogP) is 0.823. The molecule has 0 unspecified atom stereocenters. The lowest BCUT2D eigenvalue weighted by Gasteiger charge is -2.09. The average molecular weight is 393 g/mol. The standard InChI is InChI=1S/C18H20FN3O4S/c1-20-18(24)14-5-7-16(8-6-14)27(25,26)22-10-9-21-17(23)12-13-3-2-4-15(19)11-13/h2-8,11,22H,9-10,12H2,1H3,(H,20,24)(H,21,23). The van der Waals surface area contributed by atoms with Crippen LogP contribution in [0.3, 0.4) is 0 Å². The third-order valence-corrected chi connectivity index (χ3v) is 5.12. The average Bonchev–Trinajstić information content (AvgIpc) is 2.65. The van der Waals surface area contributed by atoms with Gasteiger partial charge in [0.2, 0.25) is 15.9 Å². The topological polar surface area (TPSA) is 104 Å². The van der Waals surface area contributed by atoms with Crippen LogP contribution in [0.1, 0.15) is 15.9 Å². The summed E-state index contributed by atoms with van der Waals surface area (Å²) in [6.45, 7) is 0.0815. The molecule has 2 aromatic rings. The van der Waals surface area contributed by atoms with E-state index in [1.54, 1.807) is 6.07 Å². The Morgan fingerprint density at radius 2 is 1.74 bits per heavy atom. The molecule has 0 bridgehead atoms. The van der Waals surface area contributed by atoms with Crippen LogP contribution >= 0.6 is 0 Å². The van der Waals surface area contributed by atoms with Gasteiger partial charge < -0.3 is 10.6 Å². The number of halogens is 1. The van der Waals surface area contributed by atoms with Gasteiger partial charge in [0, 0.05) is 25.7 Å². The lowest BCUT2D eigenvalue weighted by atomic mass is 10.1. The van der Waals surface area contributed by atoms with Gasteiger partial charge >= 0.3 is 0 Å². The molecule has 0 spiro atoms. The fourth-order valence-corrected chi connectivity index (χ4v) is 3.33. The molecule has 144 valence electrons. The Bertz CT molecular complexity index is 914. The molecule has 0 fully saturated rings. The van der Waals surface area contributed by atoms with Crippen molar-refractivity contribution in [3.8, 4) is 0 Å². The highest BCUT2D eigenvalue weighted by atomic mass is 32.2. The van der Waals surface area contributed by atoms with Gasteiger partial charge in [-0.15, -0.1) is 0 Å². The van der Waals surface area contributed by atoms with Crippen LogP contribution < -0.4 is 15.4 Å². The van der Waals surface area contributed by atoms with Crippen LogP contribution in [0.4, 0.5) is 4.39 Å². The molecule has 3 N–H and O–H groups in total. The number of hydrogen-bond acceptors (Lipinski definition) is 4. The van der Waals surface area contributed by atoms with Crippen LogP contribution in [0.25, 0.3) is 0 Å². The van der Waals surface area contributed by atoms with E-state index in [0.717, 1.165) is 0 Å². The summed E-state index contributed by atoms with van der Waals surface area (Å²) in [6.07, 6.45) is 0.00542. The molecule has 2 rings (SSSR count).